The Hall–Kier alpha value is -1.97. The highest BCUT2D eigenvalue weighted by atomic mass is 32.2. The van der Waals surface area contributed by atoms with Gasteiger partial charge < -0.3 is 9.80 Å². The van der Waals surface area contributed by atoms with E-state index in [-0.39, 0.29) is 0 Å². The Labute approximate surface area is 141 Å². The molecule has 0 radical (unpaired) electrons. The van der Waals surface area contributed by atoms with Crippen LogP contribution in [-0.2, 0) is 0 Å². The summed E-state index contributed by atoms with van der Waals surface area (Å²) in [5, 5.41) is 2.66. The number of fused-ring (bicyclic) bond motifs is 4. The topological polar surface area (TPSA) is 6.48 Å². The van der Waals surface area contributed by atoms with Crippen molar-refractivity contribution in [3.05, 3.63) is 60.7 Å². The van der Waals surface area contributed by atoms with Gasteiger partial charge in [0.25, 0.3) is 0 Å². The molecule has 0 N–H and O–H groups in total. The van der Waals surface area contributed by atoms with Gasteiger partial charge in [0.2, 0.25) is 0 Å². The second kappa shape index (κ2) is 5.91. The van der Waals surface area contributed by atoms with Gasteiger partial charge in [0.15, 0.2) is 0 Å². The molecule has 0 bridgehead atoms. The largest absolute Gasteiger partial charge is 0.338 e. The number of benzene rings is 3. The molecule has 2 nitrogen and oxygen atoms in total. The van der Waals surface area contributed by atoms with E-state index < -0.39 is 0 Å². The molecule has 0 aromatic heterocycles. The molecule has 23 heavy (non-hydrogen) atoms. The minimum absolute atomic E-state index is 0.996. The second-order valence-corrected chi connectivity index (χ2v) is 7.21. The van der Waals surface area contributed by atoms with Gasteiger partial charge in [-0.05, 0) is 43.1 Å². The summed E-state index contributed by atoms with van der Waals surface area (Å²) in [7, 11) is 4.26. The molecule has 1 aliphatic rings. The van der Waals surface area contributed by atoms with E-state index in [1.54, 1.807) is 0 Å². The summed E-state index contributed by atoms with van der Waals surface area (Å²) in [4.78, 5) is 7.43. The summed E-state index contributed by atoms with van der Waals surface area (Å²) >= 11 is 1.89. The van der Waals surface area contributed by atoms with E-state index in [9.17, 15) is 0 Å². The molecular weight excluding hydrogens is 300 g/mol. The van der Waals surface area contributed by atoms with Gasteiger partial charge in [0, 0.05) is 22.9 Å². The Morgan fingerprint density at radius 3 is 2.52 bits per heavy atom. The van der Waals surface area contributed by atoms with Crippen LogP contribution in [0.1, 0.15) is 0 Å². The molecule has 1 aliphatic heterocycles. The number of para-hydroxylation sites is 1. The lowest BCUT2D eigenvalue weighted by molar-refractivity contribution is 0.418. The van der Waals surface area contributed by atoms with Crippen LogP contribution in [0.5, 0.6) is 0 Å². The highest BCUT2D eigenvalue weighted by Crippen LogP contribution is 2.50. The van der Waals surface area contributed by atoms with Crippen molar-refractivity contribution in [3.63, 3.8) is 0 Å². The number of nitrogens with zero attached hydrogens (tertiary/aromatic N) is 2. The van der Waals surface area contributed by atoms with E-state index in [1.807, 2.05) is 11.8 Å². The smallest absolute Gasteiger partial charge is 0.0559 e. The van der Waals surface area contributed by atoms with Crippen molar-refractivity contribution < 1.29 is 0 Å². The summed E-state index contributed by atoms with van der Waals surface area (Å²) in [6, 6.07) is 21.9. The van der Waals surface area contributed by atoms with E-state index in [2.05, 4.69) is 84.6 Å². The molecule has 0 atom stereocenters. The molecule has 3 aromatic carbocycles. The van der Waals surface area contributed by atoms with Crippen molar-refractivity contribution in [2.75, 3.05) is 32.1 Å². The normalized spacial score (nSPS) is 13.3. The standard InChI is InChI=1S/C20H20N2S/c1-21(2)13-14-22-17-9-5-6-10-19(17)23-20-16-8-4-3-7-15(16)11-12-18(20)22/h3-12H,13-14H2,1-2H3. The Morgan fingerprint density at radius 1 is 0.870 bits per heavy atom. The molecule has 3 aromatic rings. The van der Waals surface area contributed by atoms with Crippen LogP contribution in [0, 0.1) is 0 Å². The first-order valence-electron chi connectivity index (χ1n) is 7.95. The third kappa shape index (κ3) is 2.60. The third-order valence-corrected chi connectivity index (χ3v) is 5.49. The van der Waals surface area contributed by atoms with E-state index >= 15 is 0 Å². The fourth-order valence-electron chi connectivity index (χ4n) is 3.10. The van der Waals surface area contributed by atoms with Gasteiger partial charge in [-0.3, -0.25) is 0 Å². The van der Waals surface area contributed by atoms with E-state index in [0.29, 0.717) is 0 Å². The van der Waals surface area contributed by atoms with Crippen molar-refractivity contribution in [2.24, 2.45) is 0 Å². The third-order valence-electron chi connectivity index (χ3n) is 4.29. The van der Waals surface area contributed by atoms with Gasteiger partial charge in [0.05, 0.1) is 11.4 Å². The first-order chi connectivity index (χ1) is 11.2. The lowest BCUT2D eigenvalue weighted by Gasteiger charge is -2.34. The average Bonchev–Trinajstić information content (AvgIpc) is 2.58. The molecule has 0 saturated heterocycles. The first kappa shape index (κ1) is 14.6. The van der Waals surface area contributed by atoms with Gasteiger partial charge in [-0.1, -0.05) is 54.2 Å². The van der Waals surface area contributed by atoms with Gasteiger partial charge in [0.1, 0.15) is 0 Å². The highest BCUT2D eigenvalue weighted by molar-refractivity contribution is 8.00. The molecular formula is C20H20N2S. The Kier molecular flexibility index (Phi) is 3.76. The summed E-state index contributed by atoms with van der Waals surface area (Å²) in [6.45, 7) is 2.03. The number of likely N-dealkylation sites (N-methyl/N-ethyl adjacent to an activating group) is 1. The molecule has 0 aliphatic carbocycles. The molecule has 116 valence electrons. The molecule has 3 heteroatoms. The van der Waals surface area contributed by atoms with Crippen LogP contribution in [0.2, 0.25) is 0 Å². The summed E-state index contributed by atoms with van der Waals surface area (Å²) in [5.41, 5.74) is 2.65. The van der Waals surface area contributed by atoms with Crippen molar-refractivity contribution in [3.8, 4) is 0 Å². The predicted molar refractivity (Wildman–Crippen MR) is 100 cm³/mol. The quantitative estimate of drug-likeness (QED) is 0.670. The monoisotopic (exact) mass is 320 g/mol. The fourth-order valence-corrected chi connectivity index (χ4v) is 4.33. The molecule has 0 unspecified atom stereocenters. The Morgan fingerprint density at radius 2 is 1.65 bits per heavy atom. The first-order valence-corrected chi connectivity index (χ1v) is 8.76. The molecule has 0 fully saturated rings. The van der Waals surface area contributed by atoms with Crippen molar-refractivity contribution in [1.82, 2.24) is 4.90 Å². The van der Waals surface area contributed by atoms with Crippen LogP contribution < -0.4 is 4.90 Å². The zero-order valence-corrected chi connectivity index (χ0v) is 14.3. The minimum Gasteiger partial charge on any atom is -0.338 e. The van der Waals surface area contributed by atoms with E-state index in [4.69, 9.17) is 0 Å². The summed E-state index contributed by atoms with van der Waals surface area (Å²) < 4.78 is 0. The Balaban J connectivity index is 1.88. The van der Waals surface area contributed by atoms with Gasteiger partial charge >= 0.3 is 0 Å². The van der Waals surface area contributed by atoms with Crippen LogP contribution in [0.4, 0.5) is 11.4 Å². The van der Waals surface area contributed by atoms with Crippen LogP contribution in [0.3, 0.4) is 0 Å². The van der Waals surface area contributed by atoms with Crippen molar-refractivity contribution >= 4 is 33.9 Å². The lowest BCUT2D eigenvalue weighted by atomic mass is 10.1. The zero-order chi connectivity index (χ0) is 15.8. The van der Waals surface area contributed by atoms with Gasteiger partial charge in [-0.2, -0.15) is 0 Å². The van der Waals surface area contributed by atoms with Crippen molar-refractivity contribution in [2.45, 2.75) is 9.79 Å². The molecule has 4 rings (SSSR count). The molecule has 0 spiro atoms. The predicted octanol–water partition coefficient (Wildman–Crippen LogP) is 5.00. The van der Waals surface area contributed by atoms with E-state index in [1.165, 1.54) is 31.9 Å². The zero-order valence-electron chi connectivity index (χ0n) is 13.5. The minimum atomic E-state index is 0.996. The maximum absolute atomic E-state index is 2.47. The fraction of sp³-hybridized carbons (Fsp3) is 0.200. The number of anilines is 2. The maximum Gasteiger partial charge on any atom is 0.0559 e. The molecule has 1 heterocycles. The number of hydrogen-bond acceptors (Lipinski definition) is 3. The van der Waals surface area contributed by atoms with Gasteiger partial charge in [-0.15, -0.1) is 0 Å². The average molecular weight is 320 g/mol. The number of rotatable bonds is 3. The Bertz CT molecular complexity index is 857. The van der Waals surface area contributed by atoms with Crippen LogP contribution in [-0.4, -0.2) is 32.1 Å². The number of hydrogen-bond donors (Lipinski definition) is 0. The SMILES string of the molecule is CN(C)CCN1c2ccccc2Sc2c1ccc1ccccc21. The summed E-state index contributed by atoms with van der Waals surface area (Å²) in [6.07, 6.45) is 0. The summed E-state index contributed by atoms with van der Waals surface area (Å²) in [5.74, 6) is 0. The second-order valence-electron chi connectivity index (χ2n) is 6.16. The lowest BCUT2D eigenvalue weighted by Crippen LogP contribution is -2.29. The van der Waals surface area contributed by atoms with E-state index in [0.717, 1.165) is 13.1 Å². The van der Waals surface area contributed by atoms with Crippen LogP contribution >= 0.6 is 11.8 Å². The van der Waals surface area contributed by atoms with Gasteiger partial charge in [-0.25, -0.2) is 0 Å². The van der Waals surface area contributed by atoms with Crippen molar-refractivity contribution in [1.29, 1.82) is 0 Å². The highest BCUT2D eigenvalue weighted by Gasteiger charge is 2.24. The maximum atomic E-state index is 2.47. The van der Waals surface area contributed by atoms with Crippen LogP contribution in [0.25, 0.3) is 10.8 Å². The molecule has 0 amide bonds. The van der Waals surface area contributed by atoms with Crippen LogP contribution in [0.15, 0.2) is 70.5 Å². The molecule has 0 saturated carbocycles.